The van der Waals surface area contributed by atoms with Crippen molar-refractivity contribution in [1.82, 2.24) is 4.72 Å². The van der Waals surface area contributed by atoms with Crippen LogP contribution in [0.15, 0.2) is 21.5 Å². The van der Waals surface area contributed by atoms with Crippen LogP contribution in [0.1, 0.15) is 13.8 Å². The van der Waals surface area contributed by atoms with E-state index in [1.165, 1.54) is 12.1 Å². The number of fused-ring (bicyclic) bond motifs is 1. The molecule has 1 aromatic carbocycles. The van der Waals surface area contributed by atoms with Crippen LogP contribution in [0.25, 0.3) is 0 Å². The Kier molecular flexibility index (Phi) is 4.29. The fourth-order valence-corrected chi connectivity index (χ4v) is 3.92. The van der Waals surface area contributed by atoms with E-state index in [9.17, 15) is 13.2 Å². The van der Waals surface area contributed by atoms with Crippen molar-refractivity contribution < 1.29 is 17.9 Å². The van der Waals surface area contributed by atoms with Crippen molar-refractivity contribution in [2.45, 2.75) is 24.3 Å². The Morgan fingerprint density at radius 3 is 2.76 bits per heavy atom. The lowest BCUT2D eigenvalue weighted by atomic mass is 10.1. The Balaban J connectivity index is 2.34. The minimum atomic E-state index is -3.74. The predicted molar refractivity (Wildman–Crippen MR) is 81.7 cm³/mol. The minimum absolute atomic E-state index is 0.0293. The first-order valence-corrected chi connectivity index (χ1v) is 8.41. The number of sulfonamides is 1. The third kappa shape index (κ3) is 3.94. The number of ether oxygens (including phenoxy) is 1. The third-order valence-electron chi connectivity index (χ3n) is 2.67. The molecule has 0 spiro atoms. The summed E-state index contributed by atoms with van der Waals surface area (Å²) in [4.78, 5) is 11.3. The number of amides is 1. The number of rotatable bonds is 4. The highest BCUT2D eigenvalue weighted by atomic mass is 79.9. The van der Waals surface area contributed by atoms with Crippen molar-refractivity contribution in [1.29, 1.82) is 0 Å². The molecule has 0 aliphatic carbocycles. The van der Waals surface area contributed by atoms with Gasteiger partial charge in [-0.25, -0.2) is 13.1 Å². The highest BCUT2D eigenvalue weighted by molar-refractivity contribution is 9.10. The number of halogens is 1. The van der Waals surface area contributed by atoms with E-state index in [1.54, 1.807) is 13.8 Å². The quantitative estimate of drug-likeness (QED) is 0.718. The van der Waals surface area contributed by atoms with Crippen LogP contribution in [0.5, 0.6) is 5.75 Å². The van der Waals surface area contributed by atoms with Crippen molar-refractivity contribution in [3.8, 4) is 5.75 Å². The molecule has 9 heteroatoms. The highest BCUT2D eigenvalue weighted by Crippen LogP contribution is 2.35. The molecule has 1 amide bonds. The summed E-state index contributed by atoms with van der Waals surface area (Å²) < 4.78 is 32.6. The molecule has 0 saturated heterocycles. The van der Waals surface area contributed by atoms with E-state index in [-0.39, 0.29) is 24.0 Å². The van der Waals surface area contributed by atoms with Gasteiger partial charge in [-0.1, -0.05) is 0 Å². The first kappa shape index (κ1) is 16.2. The van der Waals surface area contributed by atoms with E-state index >= 15 is 0 Å². The summed E-state index contributed by atoms with van der Waals surface area (Å²) in [5.41, 5.74) is 5.53. The Labute approximate surface area is 131 Å². The summed E-state index contributed by atoms with van der Waals surface area (Å²) in [5, 5.41) is 2.61. The van der Waals surface area contributed by atoms with E-state index in [1.807, 2.05) is 0 Å². The van der Waals surface area contributed by atoms with Crippen molar-refractivity contribution in [2.24, 2.45) is 5.73 Å². The number of nitrogens with two attached hydrogens (primary N) is 1. The second-order valence-corrected chi connectivity index (χ2v) is 8.02. The van der Waals surface area contributed by atoms with Crippen LogP contribution in [-0.2, 0) is 14.8 Å². The topological polar surface area (TPSA) is 111 Å². The Morgan fingerprint density at radius 1 is 1.48 bits per heavy atom. The molecule has 1 aliphatic heterocycles. The van der Waals surface area contributed by atoms with Gasteiger partial charge in [-0.05, 0) is 35.8 Å². The minimum Gasteiger partial charge on any atom is -0.482 e. The number of benzene rings is 1. The molecule has 4 N–H and O–H groups in total. The van der Waals surface area contributed by atoms with E-state index in [0.717, 1.165) is 0 Å². The van der Waals surface area contributed by atoms with Crippen LogP contribution >= 0.6 is 15.9 Å². The first-order valence-electron chi connectivity index (χ1n) is 6.13. The number of carbonyl (C=O) groups excluding carboxylic acids is 1. The van der Waals surface area contributed by atoms with Gasteiger partial charge in [0.2, 0.25) is 10.0 Å². The predicted octanol–water partition coefficient (Wildman–Crippen LogP) is 0.796. The summed E-state index contributed by atoms with van der Waals surface area (Å²) in [6, 6.07) is 2.86. The molecule has 1 aliphatic rings. The lowest BCUT2D eigenvalue weighted by Gasteiger charge is -2.21. The van der Waals surface area contributed by atoms with Crippen LogP contribution < -0.4 is 20.5 Å². The molecule has 7 nitrogen and oxygen atoms in total. The third-order valence-corrected chi connectivity index (χ3v) is 5.03. The molecule has 0 unspecified atom stereocenters. The summed E-state index contributed by atoms with van der Waals surface area (Å²) >= 11 is 3.19. The zero-order chi connectivity index (χ0) is 15.8. The van der Waals surface area contributed by atoms with Crippen molar-refractivity contribution in [2.75, 3.05) is 18.5 Å². The van der Waals surface area contributed by atoms with Gasteiger partial charge in [0.1, 0.15) is 5.75 Å². The van der Waals surface area contributed by atoms with Crippen LogP contribution in [0.4, 0.5) is 5.69 Å². The molecule has 21 heavy (non-hydrogen) atoms. The van der Waals surface area contributed by atoms with Gasteiger partial charge in [-0.15, -0.1) is 0 Å². The smallest absolute Gasteiger partial charge is 0.262 e. The zero-order valence-corrected chi connectivity index (χ0v) is 14.0. The molecule has 0 atom stereocenters. The molecule has 0 fully saturated rings. The second-order valence-electron chi connectivity index (χ2n) is 5.43. The van der Waals surface area contributed by atoms with E-state index in [2.05, 4.69) is 26.0 Å². The van der Waals surface area contributed by atoms with Gasteiger partial charge in [0.25, 0.3) is 5.91 Å². The first-order chi connectivity index (χ1) is 9.58. The molecule has 2 rings (SSSR count). The summed E-state index contributed by atoms with van der Waals surface area (Å²) in [6.07, 6.45) is 0. The molecule has 0 radical (unpaired) electrons. The fraction of sp³-hybridized carbons (Fsp3) is 0.417. The van der Waals surface area contributed by atoms with Gasteiger partial charge in [-0.3, -0.25) is 4.79 Å². The molecule has 1 aromatic rings. The van der Waals surface area contributed by atoms with Gasteiger partial charge in [0, 0.05) is 22.6 Å². The van der Waals surface area contributed by atoms with Crippen LogP contribution in [-0.4, -0.2) is 33.0 Å². The molecule has 0 saturated carbocycles. The number of carbonyl (C=O) groups is 1. The molecular weight excluding hydrogens is 362 g/mol. The van der Waals surface area contributed by atoms with E-state index < -0.39 is 15.6 Å². The summed E-state index contributed by atoms with van der Waals surface area (Å²) in [5.74, 6) is 0.0261. The van der Waals surface area contributed by atoms with Gasteiger partial charge in [-0.2, -0.15) is 0 Å². The van der Waals surface area contributed by atoms with Crippen LogP contribution in [0.2, 0.25) is 0 Å². The molecule has 116 valence electrons. The Hall–Kier alpha value is -1.16. The van der Waals surface area contributed by atoms with Gasteiger partial charge < -0.3 is 15.8 Å². The molecular formula is C12H16BrN3O4S. The summed E-state index contributed by atoms with van der Waals surface area (Å²) in [6.45, 7) is 3.39. The monoisotopic (exact) mass is 377 g/mol. The van der Waals surface area contributed by atoms with E-state index in [4.69, 9.17) is 10.5 Å². The lowest BCUT2D eigenvalue weighted by molar-refractivity contribution is -0.118. The largest absolute Gasteiger partial charge is 0.482 e. The Bertz CT molecular complexity index is 682. The standard InChI is InChI=1S/C12H16BrN3O4S/c1-12(2,14)6-15-21(18,19)10-4-9-8(3-7(10)13)16-11(17)5-20-9/h3-4,15H,5-6,14H2,1-2H3,(H,16,17). The lowest BCUT2D eigenvalue weighted by Crippen LogP contribution is -2.45. The zero-order valence-electron chi connectivity index (χ0n) is 11.6. The normalized spacial score (nSPS) is 15.1. The number of anilines is 1. The van der Waals surface area contributed by atoms with Crippen molar-refractivity contribution in [3.63, 3.8) is 0 Å². The SMILES string of the molecule is CC(C)(N)CNS(=O)(=O)c1cc2c(cc1Br)NC(=O)CO2. The highest BCUT2D eigenvalue weighted by Gasteiger charge is 2.25. The van der Waals surface area contributed by atoms with Crippen molar-refractivity contribution in [3.05, 3.63) is 16.6 Å². The molecule has 0 bridgehead atoms. The van der Waals surface area contributed by atoms with Gasteiger partial charge in [0.15, 0.2) is 6.61 Å². The Morgan fingerprint density at radius 2 is 2.14 bits per heavy atom. The van der Waals surface area contributed by atoms with E-state index in [0.29, 0.717) is 15.9 Å². The molecule has 1 heterocycles. The average Bonchev–Trinajstić information content (AvgIpc) is 2.34. The van der Waals surface area contributed by atoms with Crippen molar-refractivity contribution >= 4 is 37.5 Å². The van der Waals surface area contributed by atoms with Gasteiger partial charge >= 0.3 is 0 Å². The maximum Gasteiger partial charge on any atom is 0.262 e. The van der Waals surface area contributed by atoms with Crippen LogP contribution in [0, 0.1) is 0 Å². The molecule has 0 aromatic heterocycles. The number of hydrogen-bond acceptors (Lipinski definition) is 5. The maximum atomic E-state index is 12.3. The number of nitrogens with one attached hydrogen (secondary N) is 2. The summed E-state index contributed by atoms with van der Waals surface area (Å²) in [7, 11) is -3.74. The maximum absolute atomic E-state index is 12.3. The van der Waals surface area contributed by atoms with Crippen LogP contribution in [0.3, 0.4) is 0 Å². The number of hydrogen-bond donors (Lipinski definition) is 3. The second kappa shape index (κ2) is 5.56. The van der Waals surface area contributed by atoms with Gasteiger partial charge in [0.05, 0.1) is 10.6 Å². The average molecular weight is 378 g/mol. The fourth-order valence-electron chi connectivity index (χ4n) is 1.65.